The lowest BCUT2D eigenvalue weighted by molar-refractivity contribution is -0.146. The van der Waals surface area contributed by atoms with E-state index >= 15 is 0 Å². The first-order valence-electron chi connectivity index (χ1n) is 13.0. The Morgan fingerprint density at radius 2 is 1.45 bits per heavy atom. The fourth-order valence-corrected chi connectivity index (χ4v) is 4.29. The van der Waals surface area contributed by atoms with Crippen molar-refractivity contribution in [2.45, 2.75) is 97.4 Å². The average Bonchev–Trinajstić information content (AvgIpc) is 3.28. The Balaban J connectivity index is 3.06. The van der Waals surface area contributed by atoms with E-state index in [1.165, 1.54) is 4.90 Å². The lowest BCUT2D eigenvalue weighted by atomic mass is 10.0. The number of carboxylic acids is 2. The predicted octanol–water partition coefficient (Wildman–Crippen LogP) is -0.323. The second kappa shape index (κ2) is 14.6. The summed E-state index contributed by atoms with van der Waals surface area (Å²) >= 11 is 0. The molecular formula is C25H43N5O8. The molecular weight excluding hydrogens is 498 g/mol. The summed E-state index contributed by atoms with van der Waals surface area (Å²) in [4.78, 5) is 76.1. The van der Waals surface area contributed by atoms with Gasteiger partial charge in [0.2, 0.25) is 23.6 Å². The molecule has 1 rings (SSSR count). The van der Waals surface area contributed by atoms with Crippen molar-refractivity contribution in [3.8, 4) is 0 Å². The maximum atomic E-state index is 13.5. The lowest BCUT2D eigenvalue weighted by Gasteiger charge is -2.32. The van der Waals surface area contributed by atoms with Crippen molar-refractivity contribution in [3.05, 3.63) is 0 Å². The molecule has 0 saturated carbocycles. The molecule has 0 aromatic heterocycles. The molecule has 0 spiro atoms. The number of nitrogens with two attached hydrogens (primary N) is 1. The van der Waals surface area contributed by atoms with Crippen molar-refractivity contribution in [1.29, 1.82) is 0 Å². The fourth-order valence-electron chi connectivity index (χ4n) is 4.29. The number of likely N-dealkylation sites (tertiary alicyclic amines) is 1. The molecule has 13 heteroatoms. The highest BCUT2D eigenvalue weighted by Gasteiger charge is 2.40. The summed E-state index contributed by atoms with van der Waals surface area (Å²) in [6, 6.07) is -5.56. The number of nitrogens with zero attached hydrogens (tertiary/aromatic N) is 1. The molecule has 1 fully saturated rings. The highest BCUT2D eigenvalue weighted by molar-refractivity contribution is 5.96. The van der Waals surface area contributed by atoms with Crippen molar-refractivity contribution in [1.82, 2.24) is 20.9 Å². The van der Waals surface area contributed by atoms with E-state index in [4.69, 9.17) is 5.73 Å². The quantitative estimate of drug-likeness (QED) is 0.170. The third kappa shape index (κ3) is 9.58. The molecule has 1 heterocycles. The summed E-state index contributed by atoms with van der Waals surface area (Å²) in [6.45, 7) is 10.6. The van der Waals surface area contributed by atoms with E-state index in [0.717, 1.165) is 0 Å². The van der Waals surface area contributed by atoms with Crippen molar-refractivity contribution in [2.24, 2.45) is 23.5 Å². The van der Waals surface area contributed by atoms with E-state index in [1.807, 2.05) is 13.8 Å². The van der Waals surface area contributed by atoms with Gasteiger partial charge in [0.15, 0.2) is 0 Å². The number of amides is 4. The van der Waals surface area contributed by atoms with Gasteiger partial charge in [-0.2, -0.15) is 0 Å². The van der Waals surface area contributed by atoms with Gasteiger partial charge < -0.3 is 36.8 Å². The molecule has 0 radical (unpaired) electrons. The standard InChI is InChI=1S/C25H43N5O8/c1-12(2)10-15(26)21(33)27-16(11-18(31)32)22(34)28-19(13(3)4)24(36)30-9-7-8-17(30)23(35)29-20(14(5)6)25(37)38/h12-17,19-20H,7-11,26H2,1-6H3,(H,27,33)(H,28,34)(H,29,35)(H,31,32)(H,37,38)/t15-,16-,17-,19-,20-/m0/s1. The van der Waals surface area contributed by atoms with E-state index in [1.54, 1.807) is 27.7 Å². The zero-order chi connectivity index (χ0) is 29.3. The SMILES string of the molecule is CC(C)C[C@H](N)C(=O)N[C@@H](CC(=O)O)C(=O)N[C@H](C(=O)N1CCC[C@H]1C(=O)N[C@H](C(=O)O)C(C)C)C(C)C. The van der Waals surface area contributed by atoms with Crippen LogP contribution in [0.3, 0.4) is 0 Å². The Hall–Kier alpha value is -3.22. The molecule has 13 nitrogen and oxygen atoms in total. The molecule has 0 bridgehead atoms. The Kier molecular flexibility index (Phi) is 12.6. The van der Waals surface area contributed by atoms with Gasteiger partial charge in [-0.3, -0.25) is 24.0 Å². The number of aliphatic carboxylic acids is 2. The first kappa shape index (κ1) is 32.8. The Morgan fingerprint density at radius 3 is 1.92 bits per heavy atom. The predicted molar refractivity (Wildman–Crippen MR) is 138 cm³/mol. The fraction of sp³-hybridized carbons (Fsp3) is 0.760. The number of hydrogen-bond donors (Lipinski definition) is 6. The van der Waals surface area contributed by atoms with Crippen LogP contribution in [-0.2, 0) is 28.8 Å². The van der Waals surface area contributed by atoms with Crippen LogP contribution in [0, 0.1) is 17.8 Å². The van der Waals surface area contributed by atoms with E-state index in [9.17, 15) is 39.0 Å². The summed E-state index contributed by atoms with van der Waals surface area (Å²) in [7, 11) is 0. The molecule has 216 valence electrons. The summed E-state index contributed by atoms with van der Waals surface area (Å²) in [6.07, 6.45) is 0.448. The summed E-state index contributed by atoms with van der Waals surface area (Å²) < 4.78 is 0. The molecule has 4 amide bonds. The van der Waals surface area contributed by atoms with Crippen molar-refractivity contribution in [2.75, 3.05) is 6.54 Å². The molecule has 1 aliphatic rings. The second-order valence-corrected chi connectivity index (χ2v) is 10.9. The first-order valence-corrected chi connectivity index (χ1v) is 13.0. The van der Waals surface area contributed by atoms with Crippen LogP contribution >= 0.6 is 0 Å². The highest BCUT2D eigenvalue weighted by Crippen LogP contribution is 2.21. The van der Waals surface area contributed by atoms with Crippen molar-refractivity contribution in [3.63, 3.8) is 0 Å². The summed E-state index contributed by atoms with van der Waals surface area (Å²) in [5.41, 5.74) is 5.87. The van der Waals surface area contributed by atoms with Crippen LogP contribution in [0.15, 0.2) is 0 Å². The van der Waals surface area contributed by atoms with Crippen LogP contribution in [-0.4, -0.2) is 87.4 Å². The van der Waals surface area contributed by atoms with Crippen LogP contribution in [0.25, 0.3) is 0 Å². The Labute approximate surface area is 223 Å². The van der Waals surface area contributed by atoms with Crippen LogP contribution in [0.2, 0.25) is 0 Å². The Bertz CT molecular complexity index is 891. The normalized spacial score (nSPS) is 18.6. The molecule has 0 aromatic carbocycles. The zero-order valence-electron chi connectivity index (χ0n) is 23.0. The molecule has 0 unspecified atom stereocenters. The van der Waals surface area contributed by atoms with Gasteiger partial charge in [0, 0.05) is 6.54 Å². The average molecular weight is 542 g/mol. The minimum Gasteiger partial charge on any atom is -0.481 e. The largest absolute Gasteiger partial charge is 0.481 e. The smallest absolute Gasteiger partial charge is 0.326 e. The summed E-state index contributed by atoms with van der Waals surface area (Å²) in [5, 5.41) is 26.1. The molecule has 1 saturated heterocycles. The van der Waals surface area contributed by atoms with Gasteiger partial charge in [0.25, 0.3) is 0 Å². The maximum Gasteiger partial charge on any atom is 0.326 e. The molecule has 38 heavy (non-hydrogen) atoms. The van der Waals surface area contributed by atoms with Gasteiger partial charge in [-0.15, -0.1) is 0 Å². The van der Waals surface area contributed by atoms with Crippen molar-refractivity contribution >= 4 is 35.6 Å². The van der Waals surface area contributed by atoms with Gasteiger partial charge >= 0.3 is 11.9 Å². The number of rotatable bonds is 14. The number of carbonyl (C=O) groups excluding carboxylic acids is 4. The minimum atomic E-state index is -1.47. The van der Waals surface area contributed by atoms with Gasteiger partial charge in [0.1, 0.15) is 24.2 Å². The number of carboxylic acid groups (broad SMARTS) is 2. The first-order chi connectivity index (χ1) is 17.6. The number of nitrogens with one attached hydrogen (secondary N) is 3. The second-order valence-electron chi connectivity index (χ2n) is 10.9. The number of carbonyl (C=O) groups is 6. The van der Waals surface area contributed by atoms with E-state index in [0.29, 0.717) is 19.3 Å². The van der Waals surface area contributed by atoms with Crippen LogP contribution < -0.4 is 21.7 Å². The molecule has 1 aliphatic heterocycles. The van der Waals surface area contributed by atoms with E-state index in [-0.39, 0.29) is 18.4 Å². The van der Waals surface area contributed by atoms with Gasteiger partial charge in [-0.25, -0.2) is 4.79 Å². The molecule has 0 aliphatic carbocycles. The van der Waals surface area contributed by atoms with Crippen LogP contribution in [0.5, 0.6) is 0 Å². The van der Waals surface area contributed by atoms with Crippen molar-refractivity contribution < 1.29 is 39.0 Å². The van der Waals surface area contributed by atoms with Gasteiger partial charge in [-0.1, -0.05) is 41.5 Å². The molecule has 5 atom stereocenters. The third-order valence-corrected chi connectivity index (χ3v) is 6.37. The topological polar surface area (TPSA) is 208 Å². The third-order valence-electron chi connectivity index (χ3n) is 6.37. The van der Waals surface area contributed by atoms with E-state index < -0.39 is 78.1 Å². The van der Waals surface area contributed by atoms with Crippen LogP contribution in [0.4, 0.5) is 0 Å². The van der Waals surface area contributed by atoms with E-state index in [2.05, 4.69) is 16.0 Å². The van der Waals surface area contributed by atoms with Gasteiger partial charge in [0.05, 0.1) is 12.5 Å². The molecule has 7 N–H and O–H groups in total. The molecule has 0 aromatic rings. The minimum absolute atomic E-state index is 0.0994. The summed E-state index contributed by atoms with van der Waals surface area (Å²) in [5.74, 6) is -5.93. The maximum absolute atomic E-state index is 13.5. The Morgan fingerprint density at radius 1 is 0.868 bits per heavy atom. The number of hydrogen-bond acceptors (Lipinski definition) is 7. The monoisotopic (exact) mass is 541 g/mol. The highest BCUT2D eigenvalue weighted by atomic mass is 16.4. The lowest BCUT2D eigenvalue weighted by Crippen LogP contribution is -2.60. The zero-order valence-corrected chi connectivity index (χ0v) is 23.0. The van der Waals surface area contributed by atoms with Crippen LogP contribution in [0.1, 0.15) is 67.2 Å². The van der Waals surface area contributed by atoms with Gasteiger partial charge in [-0.05, 0) is 37.0 Å².